The first-order valence-electron chi connectivity index (χ1n) is 9.27. The van der Waals surface area contributed by atoms with Crippen molar-refractivity contribution in [2.24, 2.45) is 0 Å². The maximum Gasteiger partial charge on any atom is 0.297 e. The van der Waals surface area contributed by atoms with Gasteiger partial charge >= 0.3 is 0 Å². The molecule has 5 rings (SSSR count). The number of rotatable bonds is 3. The maximum atomic E-state index is 13.6. The molecule has 0 aliphatic carbocycles. The zero-order valence-electron chi connectivity index (χ0n) is 15.7. The Morgan fingerprint density at radius 3 is 2.67 bits per heavy atom. The molecule has 1 aliphatic heterocycles. The molecule has 0 bridgehead atoms. The lowest BCUT2D eigenvalue weighted by Gasteiger charge is -2.22. The molecular formula is C22H14Cl2N2O3S. The fraction of sp³-hybridized carbons (Fsp3) is 0.136. The minimum atomic E-state index is -0.709. The standard InChI is InChI=1S/C22H14Cl2N2O3S/c1-2-11-3-6-16-13(9-11)19(27)17-18(12-4-5-14(23)15(24)10-12)26(21(28)20(17)29-16)22-25-7-8-30-22/h3-10,18H,2H2,1H3. The van der Waals surface area contributed by atoms with Crippen LogP contribution in [0.2, 0.25) is 10.0 Å². The third-order valence-electron chi connectivity index (χ3n) is 5.23. The molecule has 2 aromatic heterocycles. The maximum absolute atomic E-state index is 13.6. The van der Waals surface area contributed by atoms with Crippen LogP contribution in [0, 0.1) is 0 Å². The average Bonchev–Trinajstić information content (AvgIpc) is 3.37. The van der Waals surface area contributed by atoms with Crippen LogP contribution in [0.3, 0.4) is 0 Å². The first-order valence-corrected chi connectivity index (χ1v) is 10.9. The van der Waals surface area contributed by atoms with Crippen LogP contribution < -0.4 is 10.3 Å². The smallest absolute Gasteiger partial charge is 0.297 e. The molecule has 150 valence electrons. The fourth-order valence-corrected chi connectivity index (χ4v) is 4.74. The van der Waals surface area contributed by atoms with Crippen molar-refractivity contribution in [3.63, 3.8) is 0 Å². The lowest BCUT2D eigenvalue weighted by atomic mass is 9.98. The monoisotopic (exact) mass is 456 g/mol. The normalized spacial score (nSPS) is 15.8. The van der Waals surface area contributed by atoms with Crippen molar-refractivity contribution < 1.29 is 9.21 Å². The Balaban J connectivity index is 1.83. The summed E-state index contributed by atoms with van der Waals surface area (Å²) in [5, 5.41) is 3.43. The van der Waals surface area contributed by atoms with Crippen molar-refractivity contribution in [1.29, 1.82) is 0 Å². The van der Waals surface area contributed by atoms with Crippen molar-refractivity contribution >= 4 is 56.5 Å². The summed E-state index contributed by atoms with van der Waals surface area (Å²) in [4.78, 5) is 32.7. The van der Waals surface area contributed by atoms with Crippen molar-refractivity contribution in [2.45, 2.75) is 19.4 Å². The van der Waals surface area contributed by atoms with Gasteiger partial charge in [0.15, 0.2) is 10.6 Å². The second-order valence-corrected chi connectivity index (χ2v) is 8.61. The van der Waals surface area contributed by atoms with Crippen LogP contribution in [-0.2, 0) is 6.42 Å². The highest BCUT2D eigenvalue weighted by Gasteiger charge is 2.44. The molecule has 30 heavy (non-hydrogen) atoms. The summed E-state index contributed by atoms with van der Waals surface area (Å²) in [5.74, 6) is -0.377. The van der Waals surface area contributed by atoms with Gasteiger partial charge in [-0.2, -0.15) is 0 Å². The third-order valence-corrected chi connectivity index (χ3v) is 6.74. The molecule has 1 amide bonds. The zero-order chi connectivity index (χ0) is 21.0. The molecule has 0 saturated heterocycles. The molecule has 0 fully saturated rings. The highest BCUT2D eigenvalue weighted by molar-refractivity contribution is 7.13. The van der Waals surface area contributed by atoms with Crippen LogP contribution in [0.25, 0.3) is 11.0 Å². The first kappa shape index (κ1) is 19.3. The molecular weight excluding hydrogens is 443 g/mol. The van der Waals surface area contributed by atoms with Crippen LogP contribution in [-0.4, -0.2) is 10.9 Å². The highest BCUT2D eigenvalue weighted by Crippen LogP contribution is 2.42. The summed E-state index contributed by atoms with van der Waals surface area (Å²) in [7, 11) is 0. The van der Waals surface area contributed by atoms with E-state index in [-0.39, 0.29) is 16.8 Å². The van der Waals surface area contributed by atoms with Crippen molar-refractivity contribution in [3.05, 3.63) is 90.7 Å². The fourth-order valence-electron chi connectivity index (χ4n) is 3.77. The summed E-state index contributed by atoms with van der Waals surface area (Å²) in [5.41, 5.74) is 2.12. The van der Waals surface area contributed by atoms with E-state index in [4.69, 9.17) is 27.6 Å². The summed E-state index contributed by atoms with van der Waals surface area (Å²) in [6.45, 7) is 2.02. The Labute approximate surface area is 185 Å². The van der Waals surface area contributed by atoms with Gasteiger partial charge in [-0.05, 0) is 41.8 Å². The van der Waals surface area contributed by atoms with E-state index in [9.17, 15) is 9.59 Å². The number of fused-ring (bicyclic) bond motifs is 2. The number of anilines is 1. The van der Waals surface area contributed by atoms with E-state index < -0.39 is 11.9 Å². The van der Waals surface area contributed by atoms with Gasteiger partial charge in [0, 0.05) is 11.6 Å². The number of hydrogen-bond donors (Lipinski definition) is 0. The number of carbonyl (C=O) groups is 1. The highest BCUT2D eigenvalue weighted by atomic mass is 35.5. The van der Waals surface area contributed by atoms with Gasteiger partial charge in [-0.1, -0.05) is 42.3 Å². The molecule has 2 aromatic carbocycles. The minimum Gasteiger partial charge on any atom is -0.450 e. The topological polar surface area (TPSA) is 63.4 Å². The number of nitrogens with zero attached hydrogens (tertiary/aromatic N) is 2. The molecule has 1 unspecified atom stereocenters. The van der Waals surface area contributed by atoms with E-state index in [1.54, 1.807) is 35.8 Å². The number of halogens is 2. The van der Waals surface area contributed by atoms with Crippen molar-refractivity contribution in [1.82, 2.24) is 4.98 Å². The van der Waals surface area contributed by atoms with E-state index in [1.165, 1.54) is 16.2 Å². The molecule has 8 heteroatoms. The average molecular weight is 457 g/mol. The minimum absolute atomic E-state index is 0.0306. The predicted octanol–water partition coefficient (Wildman–Crippen LogP) is 5.87. The molecule has 1 atom stereocenters. The van der Waals surface area contributed by atoms with Crippen LogP contribution in [0.15, 0.2) is 57.2 Å². The van der Waals surface area contributed by atoms with Crippen LogP contribution in [0.5, 0.6) is 0 Å². The number of hydrogen-bond acceptors (Lipinski definition) is 5. The number of carbonyl (C=O) groups excluding carboxylic acids is 1. The Morgan fingerprint density at radius 1 is 1.13 bits per heavy atom. The zero-order valence-corrected chi connectivity index (χ0v) is 18.0. The van der Waals surface area contributed by atoms with Gasteiger partial charge in [-0.25, -0.2) is 4.98 Å². The lowest BCUT2D eigenvalue weighted by Crippen LogP contribution is -2.29. The van der Waals surface area contributed by atoms with Gasteiger partial charge in [0.2, 0.25) is 5.76 Å². The Kier molecular flexibility index (Phi) is 4.65. The molecule has 0 radical (unpaired) electrons. The summed E-state index contributed by atoms with van der Waals surface area (Å²) in [6.07, 6.45) is 2.40. The lowest BCUT2D eigenvalue weighted by molar-refractivity contribution is 0.0971. The summed E-state index contributed by atoms with van der Waals surface area (Å²) >= 11 is 13.7. The molecule has 0 N–H and O–H groups in total. The van der Waals surface area contributed by atoms with Gasteiger partial charge < -0.3 is 4.42 Å². The number of thiazole rings is 1. The Hall–Kier alpha value is -2.67. The number of aryl methyl sites for hydroxylation is 1. The Bertz CT molecular complexity index is 1370. The predicted molar refractivity (Wildman–Crippen MR) is 119 cm³/mol. The summed E-state index contributed by atoms with van der Waals surface area (Å²) in [6, 6.07) is 9.83. The molecule has 0 spiro atoms. The molecule has 0 saturated carbocycles. The van der Waals surface area contributed by atoms with Crippen LogP contribution in [0.1, 0.15) is 40.2 Å². The van der Waals surface area contributed by atoms with Crippen LogP contribution in [0.4, 0.5) is 5.13 Å². The van der Waals surface area contributed by atoms with Crippen LogP contribution >= 0.6 is 34.5 Å². The second kappa shape index (κ2) is 7.23. The number of amides is 1. The second-order valence-electron chi connectivity index (χ2n) is 6.92. The first-order chi connectivity index (χ1) is 14.5. The summed E-state index contributed by atoms with van der Waals surface area (Å²) < 4.78 is 5.96. The van der Waals surface area contributed by atoms with E-state index in [0.29, 0.717) is 31.7 Å². The van der Waals surface area contributed by atoms with E-state index in [2.05, 4.69) is 4.98 Å². The van der Waals surface area contributed by atoms with E-state index in [0.717, 1.165) is 12.0 Å². The van der Waals surface area contributed by atoms with Gasteiger partial charge in [-0.3, -0.25) is 14.5 Å². The third kappa shape index (κ3) is 2.87. The number of aromatic nitrogens is 1. The van der Waals surface area contributed by atoms with E-state index >= 15 is 0 Å². The molecule has 1 aliphatic rings. The molecule has 3 heterocycles. The van der Waals surface area contributed by atoms with Gasteiger partial charge in [0.1, 0.15) is 5.58 Å². The molecule has 4 aromatic rings. The van der Waals surface area contributed by atoms with Crippen molar-refractivity contribution in [2.75, 3.05) is 4.90 Å². The largest absolute Gasteiger partial charge is 0.450 e. The van der Waals surface area contributed by atoms with Gasteiger partial charge in [0.25, 0.3) is 5.91 Å². The molecule has 5 nitrogen and oxygen atoms in total. The quantitative estimate of drug-likeness (QED) is 0.386. The Morgan fingerprint density at radius 2 is 1.97 bits per heavy atom. The van der Waals surface area contributed by atoms with E-state index in [1.807, 2.05) is 19.1 Å². The van der Waals surface area contributed by atoms with Crippen molar-refractivity contribution in [3.8, 4) is 0 Å². The van der Waals surface area contributed by atoms with Gasteiger partial charge in [0.05, 0.1) is 27.0 Å². The number of benzene rings is 2. The van der Waals surface area contributed by atoms with Gasteiger partial charge in [-0.15, -0.1) is 11.3 Å². The SMILES string of the molecule is CCc1ccc2oc3c(c(=O)c2c1)C(c1ccc(Cl)c(Cl)c1)N(c1nccs1)C3=O.